The highest BCUT2D eigenvalue weighted by atomic mass is 32.1. The average molecular weight is 937 g/mol. The number of para-hydroxylation sites is 2. The normalized spacial score (nSPS) is 11.6. The fraction of sp³-hybridized carbons (Fsp3) is 0.0909. The van der Waals surface area contributed by atoms with Crippen LogP contribution in [0, 0.1) is 41.5 Å². The molecule has 2 nitrogen and oxygen atoms in total. The highest BCUT2D eigenvalue weighted by molar-refractivity contribution is 7.27. The molecule has 338 valence electrons. The van der Waals surface area contributed by atoms with Crippen LogP contribution >= 0.6 is 22.7 Å². The molecule has 0 radical (unpaired) electrons. The van der Waals surface area contributed by atoms with Crippen molar-refractivity contribution in [1.82, 2.24) is 0 Å². The van der Waals surface area contributed by atoms with E-state index in [0.29, 0.717) is 0 Å². The third-order valence-electron chi connectivity index (χ3n) is 14.1. The van der Waals surface area contributed by atoms with E-state index < -0.39 is 0 Å². The Morgan fingerprint density at radius 3 is 1.00 bits per heavy atom. The predicted molar refractivity (Wildman–Crippen MR) is 306 cm³/mol. The Kier molecular flexibility index (Phi) is 11.0. The predicted octanol–water partition coefficient (Wildman–Crippen LogP) is 20.2. The zero-order valence-corrected chi connectivity index (χ0v) is 42.0. The first-order chi connectivity index (χ1) is 34.2. The molecule has 0 saturated heterocycles. The lowest BCUT2D eigenvalue weighted by molar-refractivity contribution is 1.20. The van der Waals surface area contributed by atoms with Gasteiger partial charge in [-0.1, -0.05) is 146 Å². The van der Waals surface area contributed by atoms with E-state index in [1.54, 1.807) is 0 Å². The monoisotopic (exact) mass is 936 g/mol. The summed E-state index contributed by atoms with van der Waals surface area (Å²) in [6, 6.07) is 76.2. The Bertz CT molecular complexity index is 3670. The summed E-state index contributed by atoms with van der Waals surface area (Å²) >= 11 is 3.79. The largest absolute Gasteiger partial charge is 0.308 e. The standard InChI is InChI=1S/C66H52N2S2/c1-41-19-13-15-27-57(41)67(59-29-17-25-55-53-33-31-49(39-61(53)69-65(55)59)47-21-9-7-10-22-47)63-43(3)35-51(36-44(63)4)52-37-45(5)64(46(6)38-52)68(58-28-16-14-20-42(58)2)60-30-18-26-56-54-34-32-50(40-62(54)70-66(56)60)48-23-11-8-12-24-48/h7-40H,1-6H3. The molecule has 0 fully saturated rings. The smallest absolute Gasteiger partial charge is 0.0640 e. The molecule has 10 aromatic carbocycles. The number of aryl methyl sites for hydroxylation is 6. The van der Waals surface area contributed by atoms with Crippen LogP contribution in [0.3, 0.4) is 0 Å². The summed E-state index contributed by atoms with van der Waals surface area (Å²) in [5.41, 5.74) is 22.0. The lowest BCUT2D eigenvalue weighted by atomic mass is 9.93. The molecule has 0 spiro atoms. The maximum atomic E-state index is 2.52. The highest BCUT2D eigenvalue weighted by Gasteiger charge is 2.26. The van der Waals surface area contributed by atoms with E-state index in [1.165, 1.54) is 141 Å². The van der Waals surface area contributed by atoms with E-state index >= 15 is 0 Å². The topological polar surface area (TPSA) is 6.48 Å². The Hall–Kier alpha value is -7.76. The first-order valence-electron chi connectivity index (χ1n) is 24.2. The Labute approximate surface area is 419 Å². The molecule has 12 rings (SSSR count). The molecule has 0 aliphatic rings. The molecule has 0 atom stereocenters. The fourth-order valence-electron chi connectivity index (χ4n) is 10.9. The van der Waals surface area contributed by atoms with E-state index in [0.717, 1.165) is 0 Å². The zero-order valence-electron chi connectivity index (χ0n) is 40.3. The van der Waals surface area contributed by atoms with Crippen molar-refractivity contribution in [3.8, 4) is 33.4 Å². The molecule has 0 unspecified atom stereocenters. The van der Waals surface area contributed by atoms with Crippen molar-refractivity contribution in [3.63, 3.8) is 0 Å². The van der Waals surface area contributed by atoms with Crippen molar-refractivity contribution in [2.45, 2.75) is 41.5 Å². The van der Waals surface area contributed by atoms with E-state index in [-0.39, 0.29) is 0 Å². The summed E-state index contributed by atoms with van der Waals surface area (Å²) in [5.74, 6) is 0. The van der Waals surface area contributed by atoms with Gasteiger partial charge in [0, 0.05) is 42.3 Å². The lowest BCUT2D eigenvalue weighted by Gasteiger charge is -2.31. The van der Waals surface area contributed by atoms with Crippen molar-refractivity contribution in [3.05, 3.63) is 240 Å². The number of hydrogen-bond acceptors (Lipinski definition) is 4. The third kappa shape index (κ3) is 7.47. The number of thiophene rings is 2. The van der Waals surface area contributed by atoms with Gasteiger partial charge in [0.25, 0.3) is 0 Å². The van der Waals surface area contributed by atoms with E-state index in [1.807, 2.05) is 22.7 Å². The maximum absolute atomic E-state index is 2.52. The van der Waals surface area contributed by atoms with Gasteiger partial charge in [-0.05, 0) is 169 Å². The first kappa shape index (κ1) is 43.5. The van der Waals surface area contributed by atoms with Crippen LogP contribution in [0.1, 0.15) is 33.4 Å². The molecule has 4 heteroatoms. The van der Waals surface area contributed by atoms with Crippen LogP contribution in [0.5, 0.6) is 0 Å². The Morgan fingerprint density at radius 1 is 0.257 bits per heavy atom. The third-order valence-corrected chi connectivity index (χ3v) is 16.5. The van der Waals surface area contributed by atoms with Gasteiger partial charge in [0.2, 0.25) is 0 Å². The molecule has 12 aromatic rings. The SMILES string of the molecule is Cc1ccccc1N(c1c(C)cc(-c2cc(C)c(N(c3ccccc3C)c3cccc4c3sc3cc(-c5ccccc5)ccc34)c(C)c2)cc1C)c1cccc2c1sc1cc(-c3ccccc3)ccc12. The molecule has 2 aromatic heterocycles. The number of benzene rings is 10. The minimum absolute atomic E-state index is 1.19. The van der Waals surface area contributed by atoms with Crippen LogP contribution in [0.4, 0.5) is 34.1 Å². The van der Waals surface area contributed by atoms with Gasteiger partial charge in [-0.2, -0.15) is 0 Å². The molecule has 2 heterocycles. The quantitative estimate of drug-likeness (QED) is 0.142. The summed E-state index contributed by atoms with van der Waals surface area (Å²) in [7, 11) is 0. The van der Waals surface area contributed by atoms with Crippen molar-refractivity contribution < 1.29 is 0 Å². The van der Waals surface area contributed by atoms with Crippen molar-refractivity contribution >= 4 is 97.1 Å². The van der Waals surface area contributed by atoms with Crippen LogP contribution in [0.2, 0.25) is 0 Å². The lowest BCUT2D eigenvalue weighted by Crippen LogP contribution is -2.15. The number of nitrogens with zero attached hydrogens (tertiary/aromatic N) is 2. The van der Waals surface area contributed by atoms with Gasteiger partial charge in [-0.3, -0.25) is 0 Å². The average Bonchev–Trinajstić information content (AvgIpc) is 3.95. The van der Waals surface area contributed by atoms with Crippen LogP contribution in [0.15, 0.2) is 206 Å². The molecular weight excluding hydrogens is 885 g/mol. The van der Waals surface area contributed by atoms with Gasteiger partial charge in [0.1, 0.15) is 0 Å². The second-order valence-electron chi connectivity index (χ2n) is 18.8. The molecule has 0 N–H and O–H groups in total. The summed E-state index contributed by atoms with van der Waals surface area (Å²) in [6.07, 6.45) is 0. The molecule has 0 bridgehead atoms. The fourth-order valence-corrected chi connectivity index (χ4v) is 13.4. The van der Waals surface area contributed by atoms with E-state index in [4.69, 9.17) is 0 Å². The molecule has 70 heavy (non-hydrogen) atoms. The molecule has 0 aliphatic heterocycles. The molecular formula is C66H52N2S2. The first-order valence-corrected chi connectivity index (χ1v) is 25.8. The van der Waals surface area contributed by atoms with Crippen LogP contribution in [-0.2, 0) is 0 Å². The number of fused-ring (bicyclic) bond motifs is 6. The van der Waals surface area contributed by atoms with Gasteiger partial charge >= 0.3 is 0 Å². The molecule has 0 aliphatic carbocycles. The van der Waals surface area contributed by atoms with Crippen molar-refractivity contribution in [2.24, 2.45) is 0 Å². The Morgan fingerprint density at radius 2 is 0.614 bits per heavy atom. The number of anilines is 6. The maximum Gasteiger partial charge on any atom is 0.0640 e. The van der Waals surface area contributed by atoms with E-state index in [9.17, 15) is 0 Å². The number of hydrogen-bond donors (Lipinski definition) is 0. The minimum atomic E-state index is 1.19. The highest BCUT2D eigenvalue weighted by Crippen LogP contribution is 2.51. The van der Waals surface area contributed by atoms with Crippen molar-refractivity contribution in [1.29, 1.82) is 0 Å². The second-order valence-corrected chi connectivity index (χ2v) is 20.9. The number of rotatable bonds is 9. The summed E-state index contributed by atoms with van der Waals surface area (Å²) in [5, 5.41) is 5.16. The van der Waals surface area contributed by atoms with Gasteiger partial charge in [-0.15, -0.1) is 22.7 Å². The van der Waals surface area contributed by atoms with E-state index in [2.05, 4.69) is 258 Å². The summed E-state index contributed by atoms with van der Waals surface area (Å²) in [6.45, 7) is 13.6. The van der Waals surface area contributed by atoms with Crippen LogP contribution in [-0.4, -0.2) is 0 Å². The second kappa shape index (κ2) is 17.6. The van der Waals surface area contributed by atoms with Gasteiger partial charge < -0.3 is 9.80 Å². The van der Waals surface area contributed by atoms with Gasteiger partial charge in [0.15, 0.2) is 0 Å². The van der Waals surface area contributed by atoms with Crippen LogP contribution in [0.25, 0.3) is 73.7 Å². The van der Waals surface area contributed by atoms with Crippen molar-refractivity contribution in [2.75, 3.05) is 9.80 Å². The summed E-state index contributed by atoms with van der Waals surface area (Å²) in [4.78, 5) is 5.05. The van der Waals surface area contributed by atoms with Gasteiger partial charge in [0.05, 0.1) is 32.1 Å². The Balaban J connectivity index is 0.973. The molecule has 0 amide bonds. The molecule has 0 saturated carbocycles. The minimum Gasteiger partial charge on any atom is -0.308 e. The van der Waals surface area contributed by atoms with Gasteiger partial charge in [-0.25, -0.2) is 0 Å². The van der Waals surface area contributed by atoms with Crippen LogP contribution < -0.4 is 9.80 Å². The summed E-state index contributed by atoms with van der Waals surface area (Å²) < 4.78 is 5.17. The zero-order chi connectivity index (χ0) is 47.6.